The number of aromatic nitrogens is 2. The number of aliphatic imine (C=N–C) groups is 1. The Morgan fingerprint density at radius 3 is 2.38 bits per heavy atom. The molecule has 0 unspecified atom stereocenters. The van der Waals surface area contributed by atoms with Crippen molar-refractivity contribution in [3.63, 3.8) is 0 Å². The maximum absolute atomic E-state index is 4.78. The van der Waals surface area contributed by atoms with Crippen molar-refractivity contribution >= 4 is 5.96 Å². The molecule has 6 heteroatoms. The van der Waals surface area contributed by atoms with Crippen molar-refractivity contribution in [1.82, 2.24) is 25.1 Å². The maximum Gasteiger partial charge on any atom is 0.191 e. The summed E-state index contributed by atoms with van der Waals surface area (Å²) in [7, 11) is 0. The highest BCUT2D eigenvalue weighted by atomic mass is 15.2. The van der Waals surface area contributed by atoms with Crippen LogP contribution in [0.5, 0.6) is 0 Å². The average molecular weight is 431 g/mol. The minimum absolute atomic E-state index is 0.625. The van der Waals surface area contributed by atoms with Crippen molar-refractivity contribution < 1.29 is 0 Å². The quantitative estimate of drug-likeness (QED) is 0.401. The van der Waals surface area contributed by atoms with Gasteiger partial charge in [-0.3, -0.25) is 4.90 Å². The largest absolute Gasteiger partial charge is 0.357 e. The molecule has 0 spiro atoms. The Morgan fingerprint density at radius 2 is 1.62 bits per heavy atom. The Hall–Kier alpha value is -3.12. The Morgan fingerprint density at radius 1 is 0.906 bits per heavy atom. The standard InChI is InChI=1S/C26H34N6/c1-2-27-26(29-18-22-10-12-24(13-11-22)20-31-15-6-7-16-31)30-19-25-28-14-17-32(25)21-23-8-4-3-5-9-23/h3-5,8-14,17H,2,6-7,15-16,18-21H2,1H3,(H2,27,29,30). The van der Waals surface area contributed by atoms with Crippen molar-refractivity contribution in [2.45, 2.75) is 45.9 Å². The maximum atomic E-state index is 4.78. The van der Waals surface area contributed by atoms with Gasteiger partial charge >= 0.3 is 0 Å². The number of guanidine groups is 1. The van der Waals surface area contributed by atoms with Gasteiger partial charge in [-0.25, -0.2) is 9.98 Å². The van der Waals surface area contributed by atoms with Crippen LogP contribution in [0.2, 0.25) is 0 Å². The van der Waals surface area contributed by atoms with Crippen LogP contribution in [0.4, 0.5) is 0 Å². The molecule has 2 aromatic carbocycles. The van der Waals surface area contributed by atoms with E-state index >= 15 is 0 Å². The first-order valence-corrected chi connectivity index (χ1v) is 11.7. The molecular formula is C26H34N6. The molecule has 1 aliphatic rings. The molecule has 168 valence electrons. The van der Waals surface area contributed by atoms with Crippen molar-refractivity contribution in [2.24, 2.45) is 4.99 Å². The summed E-state index contributed by atoms with van der Waals surface area (Å²) in [6, 6.07) is 19.3. The molecule has 1 aliphatic heterocycles. The number of nitrogens with one attached hydrogen (secondary N) is 2. The lowest BCUT2D eigenvalue weighted by atomic mass is 10.1. The normalized spacial score (nSPS) is 14.6. The molecule has 1 aromatic heterocycles. The van der Waals surface area contributed by atoms with Crippen molar-refractivity contribution in [2.75, 3.05) is 19.6 Å². The summed E-state index contributed by atoms with van der Waals surface area (Å²) in [4.78, 5) is 11.8. The minimum atomic E-state index is 0.625. The average Bonchev–Trinajstić information content (AvgIpc) is 3.49. The molecule has 3 aromatic rings. The first kappa shape index (κ1) is 22.1. The number of likely N-dealkylation sites (tertiary alicyclic amines) is 1. The molecule has 0 amide bonds. The van der Waals surface area contributed by atoms with E-state index in [0.29, 0.717) is 13.1 Å². The van der Waals surface area contributed by atoms with Crippen LogP contribution in [0.1, 0.15) is 42.3 Å². The highest BCUT2D eigenvalue weighted by Crippen LogP contribution is 2.13. The molecule has 0 saturated carbocycles. The lowest BCUT2D eigenvalue weighted by Gasteiger charge is -2.15. The van der Waals surface area contributed by atoms with Crippen molar-refractivity contribution in [3.8, 4) is 0 Å². The number of hydrogen-bond acceptors (Lipinski definition) is 3. The van der Waals surface area contributed by atoms with Gasteiger partial charge in [-0.2, -0.15) is 0 Å². The van der Waals surface area contributed by atoms with E-state index in [0.717, 1.165) is 31.4 Å². The molecule has 2 heterocycles. The Kier molecular flexibility index (Phi) is 7.93. The van der Waals surface area contributed by atoms with E-state index in [1.165, 1.54) is 42.6 Å². The fraction of sp³-hybridized carbons (Fsp3) is 0.385. The molecule has 1 fully saturated rings. The molecule has 0 aliphatic carbocycles. The summed E-state index contributed by atoms with van der Waals surface area (Å²) >= 11 is 0. The van der Waals surface area contributed by atoms with Crippen LogP contribution >= 0.6 is 0 Å². The van der Waals surface area contributed by atoms with Crippen LogP contribution in [0.3, 0.4) is 0 Å². The molecule has 4 rings (SSSR count). The monoisotopic (exact) mass is 430 g/mol. The SMILES string of the molecule is CCNC(=NCc1ccc(CN2CCCC2)cc1)NCc1nccn1Cc1ccccc1. The van der Waals surface area contributed by atoms with Crippen LogP contribution in [0.25, 0.3) is 0 Å². The Balaban J connectivity index is 1.32. The predicted octanol–water partition coefficient (Wildman–Crippen LogP) is 3.78. The first-order chi connectivity index (χ1) is 15.8. The van der Waals surface area contributed by atoms with Crippen LogP contribution < -0.4 is 10.6 Å². The zero-order valence-corrected chi connectivity index (χ0v) is 19.0. The molecular weight excluding hydrogens is 396 g/mol. The van der Waals surface area contributed by atoms with Gasteiger partial charge in [0.25, 0.3) is 0 Å². The zero-order valence-electron chi connectivity index (χ0n) is 19.0. The van der Waals surface area contributed by atoms with Gasteiger partial charge < -0.3 is 15.2 Å². The fourth-order valence-corrected chi connectivity index (χ4v) is 4.06. The van der Waals surface area contributed by atoms with Gasteiger partial charge in [0.15, 0.2) is 5.96 Å². The third-order valence-corrected chi connectivity index (χ3v) is 5.80. The van der Waals surface area contributed by atoms with Gasteiger partial charge in [0, 0.05) is 32.0 Å². The Labute approximate surface area is 191 Å². The second-order valence-corrected chi connectivity index (χ2v) is 8.31. The third-order valence-electron chi connectivity index (χ3n) is 5.80. The number of rotatable bonds is 9. The second kappa shape index (κ2) is 11.5. The highest BCUT2D eigenvalue weighted by Gasteiger charge is 2.11. The Bertz CT molecular complexity index is 971. The van der Waals surface area contributed by atoms with E-state index in [9.17, 15) is 0 Å². The summed E-state index contributed by atoms with van der Waals surface area (Å²) < 4.78 is 2.17. The molecule has 0 bridgehead atoms. The summed E-state index contributed by atoms with van der Waals surface area (Å²) in [5, 5.41) is 6.77. The summed E-state index contributed by atoms with van der Waals surface area (Å²) in [5.41, 5.74) is 3.87. The van der Waals surface area contributed by atoms with E-state index in [2.05, 4.69) is 80.5 Å². The number of nitrogens with zero attached hydrogens (tertiary/aromatic N) is 4. The summed E-state index contributed by atoms with van der Waals surface area (Å²) in [6.45, 7) is 8.51. The van der Waals surface area contributed by atoms with Crippen LogP contribution in [-0.2, 0) is 26.2 Å². The van der Waals surface area contributed by atoms with Gasteiger partial charge in [-0.1, -0.05) is 54.6 Å². The van der Waals surface area contributed by atoms with E-state index in [-0.39, 0.29) is 0 Å². The zero-order chi connectivity index (χ0) is 22.0. The smallest absolute Gasteiger partial charge is 0.191 e. The van der Waals surface area contributed by atoms with Crippen LogP contribution in [0.15, 0.2) is 72.0 Å². The molecule has 6 nitrogen and oxygen atoms in total. The number of imidazole rings is 1. The van der Waals surface area contributed by atoms with Crippen molar-refractivity contribution in [1.29, 1.82) is 0 Å². The lowest BCUT2D eigenvalue weighted by Crippen LogP contribution is -2.37. The third kappa shape index (κ3) is 6.44. The van der Waals surface area contributed by atoms with Crippen molar-refractivity contribution in [3.05, 3.63) is 89.5 Å². The minimum Gasteiger partial charge on any atom is -0.357 e. The van der Waals surface area contributed by atoms with Crippen LogP contribution in [0, 0.1) is 0 Å². The van der Waals surface area contributed by atoms with E-state index in [4.69, 9.17) is 4.99 Å². The van der Waals surface area contributed by atoms with Gasteiger partial charge in [-0.05, 0) is 49.5 Å². The fourth-order valence-electron chi connectivity index (χ4n) is 4.06. The van der Waals surface area contributed by atoms with Gasteiger partial charge in [-0.15, -0.1) is 0 Å². The first-order valence-electron chi connectivity index (χ1n) is 11.7. The highest BCUT2D eigenvalue weighted by molar-refractivity contribution is 5.79. The molecule has 1 saturated heterocycles. The van der Waals surface area contributed by atoms with E-state index in [1.807, 2.05) is 18.5 Å². The van der Waals surface area contributed by atoms with Gasteiger partial charge in [0.05, 0.1) is 13.1 Å². The predicted molar refractivity (Wildman–Crippen MR) is 130 cm³/mol. The van der Waals surface area contributed by atoms with Gasteiger partial charge in [0.2, 0.25) is 0 Å². The lowest BCUT2D eigenvalue weighted by molar-refractivity contribution is 0.331. The number of hydrogen-bond donors (Lipinski definition) is 2. The topological polar surface area (TPSA) is 57.5 Å². The number of benzene rings is 2. The molecule has 2 N–H and O–H groups in total. The molecule has 0 atom stereocenters. The summed E-state index contributed by atoms with van der Waals surface area (Å²) in [5.74, 6) is 1.80. The summed E-state index contributed by atoms with van der Waals surface area (Å²) in [6.07, 6.45) is 6.55. The van der Waals surface area contributed by atoms with Gasteiger partial charge in [0.1, 0.15) is 5.82 Å². The van der Waals surface area contributed by atoms with Crippen LogP contribution in [-0.4, -0.2) is 40.0 Å². The van der Waals surface area contributed by atoms with E-state index < -0.39 is 0 Å². The second-order valence-electron chi connectivity index (χ2n) is 8.31. The molecule has 0 radical (unpaired) electrons. The van der Waals surface area contributed by atoms with E-state index in [1.54, 1.807) is 0 Å². The molecule has 32 heavy (non-hydrogen) atoms.